The predicted octanol–water partition coefficient (Wildman–Crippen LogP) is 0.309. The molecule has 1 aliphatic rings. The SMILES string of the molecule is Cc1ccn(CC(=O)N[C@@H]2CC(Cn3cccn3)C[C@H]2O)c(=O)c1. The van der Waals surface area contributed by atoms with Crippen LogP contribution in [0.15, 0.2) is 41.6 Å². The minimum absolute atomic E-state index is 0.0356. The van der Waals surface area contributed by atoms with Gasteiger partial charge in [0.1, 0.15) is 6.54 Å². The van der Waals surface area contributed by atoms with Crippen molar-refractivity contribution in [1.82, 2.24) is 19.7 Å². The molecule has 2 aromatic heterocycles. The maximum Gasteiger partial charge on any atom is 0.251 e. The number of amides is 1. The Morgan fingerprint density at radius 1 is 1.42 bits per heavy atom. The van der Waals surface area contributed by atoms with Gasteiger partial charge < -0.3 is 15.0 Å². The molecule has 0 aromatic carbocycles. The summed E-state index contributed by atoms with van der Waals surface area (Å²) in [6.45, 7) is 2.53. The van der Waals surface area contributed by atoms with Crippen LogP contribution in [0.5, 0.6) is 0 Å². The first-order valence-electron chi connectivity index (χ1n) is 8.13. The van der Waals surface area contributed by atoms with Gasteiger partial charge in [-0.25, -0.2) is 0 Å². The number of nitrogens with one attached hydrogen (secondary N) is 1. The molecule has 1 unspecified atom stereocenters. The standard InChI is InChI=1S/C17H22N4O3/c1-12-3-6-20(17(24)7-12)11-16(23)19-14-8-13(9-15(14)22)10-21-5-2-4-18-21/h2-7,13-15,22H,8-11H2,1H3,(H,19,23)/t13?,14-,15-/m1/s1. The normalized spacial score (nSPS) is 23.3. The molecule has 1 amide bonds. The lowest BCUT2D eigenvalue weighted by Gasteiger charge is -2.17. The van der Waals surface area contributed by atoms with Crippen molar-refractivity contribution in [2.75, 3.05) is 0 Å². The van der Waals surface area contributed by atoms with Crippen molar-refractivity contribution < 1.29 is 9.90 Å². The summed E-state index contributed by atoms with van der Waals surface area (Å²) in [4.78, 5) is 24.0. The summed E-state index contributed by atoms with van der Waals surface area (Å²) in [7, 11) is 0. The van der Waals surface area contributed by atoms with Crippen molar-refractivity contribution >= 4 is 5.91 Å². The number of aryl methyl sites for hydroxylation is 1. The largest absolute Gasteiger partial charge is 0.391 e. The molecule has 1 saturated carbocycles. The highest BCUT2D eigenvalue weighted by Crippen LogP contribution is 2.27. The third-order valence-electron chi connectivity index (χ3n) is 4.44. The predicted molar refractivity (Wildman–Crippen MR) is 88.3 cm³/mol. The van der Waals surface area contributed by atoms with Gasteiger partial charge in [0.15, 0.2) is 0 Å². The first-order chi connectivity index (χ1) is 11.5. The second kappa shape index (κ2) is 7.00. The van der Waals surface area contributed by atoms with Crippen LogP contribution in [0.25, 0.3) is 0 Å². The van der Waals surface area contributed by atoms with Crippen LogP contribution in [-0.2, 0) is 17.9 Å². The van der Waals surface area contributed by atoms with E-state index in [9.17, 15) is 14.7 Å². The molecule has 0 bridgehead atoms. The zero-order chi connectivity index (χ0) is 17.1. The van der Waals surface area contributed by atoms with Crippen LogP contribution in [0.3, 0.4) is 0 Å². The molecular formula is C17H22N4O3. The van der Waals surface area contributed by atoms with Gasteiger partial charge in [-0.1, -0.05) is 0 Å². The zero-order valence-corrected chi connectivity index (χ0v) is 13.6. The van der Waals surface area contributed by atoms with E-state index in [1.165, 1.54) is 10.6 Å². The first-order valence-corrected chi connectivity index (χ1v) is 8.13. The molecule has 24 heavy (non-hydrogen) atoms. The fourth-order valence-electron chi connectivity index (χ4n) is 3.24. The van der Waals surface area contributed by atoms with E-state index in [2.05, 4.69) is 10.4 Å². The van der Waals surface area contributed by atoms with Gasteiger partial charge in [0, 0.05) is 31.2 Å². The smallest absolute Gasteiger partial charge is 0.251 e. The highest BCUT2D eigenvalue weighted by Gasteiger charge is 2.34. The Bertz CT molecular complexity index is 753. The van der Waals surface area contributed by atoms with Gasteiger partial charge in [-0.3, -0.25) is 14.3 Å². The van der Waals surface area contributed by atoms with Gasteiger partial charge in [-0.15, -0.1) is 0 Å². The van der Waals surface area contributed by atoms with E-state index in [-0.39, 0.29) is 30.0 Å². The van der Waals surface area contributed by atoms with E-state index in [4.69, 9.17) is 0 Å². The summed E-state index contributed by atoms with van der Waals surface area (Å²) in [5.74, 6) is 0.0111. The van der Waals surface area contributed by atoms with Gasteiger partial charge in [0.2, 0.25) is 5.91 Å². The van der Waals surface area contributed by atoms with E-state index < -0.39 is 6.10 Å². The van der Waals surface area contributed by atoms with Crippen molar-refractivity contribution in [2.45, 2.75) is 45.0 Å². The van der Waals surface area contributed by atoms with Crippen LogP contribution in [0.2, 0.25) is 0 Å². The number of nitrogens with zero attached hydrogens (tertiary/aromatic N) is 3. The summed E-state index contributed by atoms with van der Waals surface area (Å²) in [5, 5.41) is 17.2. The molecule has 2 aromatic rings. The Morgan fingerprint density at radius 3 is 2.96 bits per heavy atom. The Labute approximate surface area is 139 Å². The molecule has 1 fully saturated rings. The number of hydrogen-bond donors (Lipinski definition) is 2. The van der Waals surface area contributed by atoms with E-state index >= 15 is 0 Å². The van der Waals surface area contributed by atoms with Gasteiger partial charge in [-0.2, -0.15) is 5.10 Å². The highest BCUT2D eigenvalue weighted by molar-refractivity contribution is 5.76. The Kier molecular flexibility index (Phi) is 4.80. The molecule has 3 rings (SSSR count). The van der Waals surface area contributed by atoms with E-state index in [0.717, 1.165) is 12.1 Å². The highest BCUT2D eigenvalue weighted by atomic mass is 16.3. The molecule has 7 nitrogen and oxygen atoms in total. The third kappa shape index (κ3) is 3.91. The molecule has 0 radical (unpaired) electrons. The van der Waals surface area contributed by atoms with Crippen LogP contribution in [-0.4, -0.2) is 37.5 Å². The van der Waals surface area contributed by atoms with Crippen LogP contribution < -0.4 is 10.9 Å². The number of carbonyl (C=O) groups excluding carboxylic acids is 1. The lowest BCUT2D eigenvalue weighted by molar-refractivity contribution is -0.123. The summed E-state index contributed by atoms with van der Waals surface area (Å²) < 4.78 is 3.21. The topological polar surface area (TPSA) is 89.2 Å². The summed E-state index contributed by atoms with van der Waals surface area (Å²) in [6, 6.07) is 4.88. The number of carbonyl (C=O) groups is 1. The molecule has 0 saturated heterocycles. The summed E-state index contributed by atoms with van der Waals surface area (Å²) in [5.41, 5.74) is 0.665. The quantitative estimate of drug-likeness (QED) is 0.826. The van der Waals surface area contributed by atoms with Crippen molar-refractivity contribution in [3.05, 3.63) is 52.7 Å². The minimum Gasteiger partial charge on any atom is -0.391 e. The summed E-state index contributed by atoms with van der Waals surface area (Å²) in [6.07, 6.45) is 6.00. The molecule has 7 heteroatoms. The average Bonchev–Trinajstić information content (AvgIpc) is 3.13. The number of pyridine rings is 1. The van der Waals surface area contributed by atoms with E-state index in [1.807, 2.05) is 23.9 Å². The maximum atomic E-state index is 12.2. The number of rotatable bonds is 5. The summed E-state index contributed by atoms with van der Waals surface area (Å²) >= 11 is 0. The van der Waals surface area contributed by atoms with Gasteiger partial charge in [0.05, 0.1) is 12.1 Å². The minimum atomic E-state index is -0.566. The Morgan fingerprint density at radius 2 is 2.25 bits per heavy atom. The fraction of sp³-hybridized carbons (Fsp3) is 0.471. The molecule has 1 aliphatic carbocycles. The van der Waals surface area contributed by atoms with Crippen LogP contribution in [0.4, 0.5) is 0 Å². The van der Waals surface area contributed by atoms with Crippen LogP contribution >= 0.6 is 0 Å². The second-order valence-corrected chi connectivity index (χ2v) is 6.48. The van der Waals surface area contributed by atoms with Crippen molar-refractivity contribution in [3.8, 4) is 0 Å². The molecular weight excluding hydrogens is 308 g/mol. The lowest BCUT2D eigenvalue weighted by Crippen LogP contribution is -2.42. The van der Waals surface area contributed by atoms with Crippen molar-refractivity contribution in [1.29, 1.82) is 0 Å². The first kappa shape index (κ1) is 16.4. The van der Waals surface area contributed by atoms with Crippen molar-refractivity contribution in [3.63, 3.8) is 0 Å². The van der Waals surface area contributed by atoms with E-state index in [0.29, 0.717) is 12.8 Å². The Balaban J connectivity index is 1.55. The lowest BCUT2D eigenvalue weighted by atomic mass is 10.1. The molecule has 2 heterocycles. The number of aliphatic hydroxyl groups is 1. The Hall–Kier alpha value is -2.41. The average molecular weight is 330 g/mol. The molecule has 128 valence electrons. The van der Waals surface area contributed by atoms with E-state index in [1.54, 1.807) is 18.5 Å². The number of aromatic nitrogens is 3. The molecule has 3 atom stereocenters. The monoisotopic (exact) mass is 330 g/mol. The zero-order valence-electron chi connectivity index (χ0n) is 13.6. The molecule has 2 N–H and O–H groups in total. The fourth-order valence-corrected chi connectivity index (χ4v) is 3.24. The molecule has 0 aliphatic heterocycles. The third-order valence-corrected chi connectivity index (χ3v) is 4.44. The van der Waals surface area contributed by atoms with Crippen LogP contribution in [0, 0.1) is 12.8 Å². The molecule has 0 spiro atoms. The van der Waals surface area contributed by atoms with Gasteiger partial charge >= 0.3 is 0 Å². The van der Waals surface area contributed by atoms with Crippen molar-refractivity contribution in [2.24, 2.45) is 5.92 Å². The van der Waals surface area contributed by atoms with Gasteiger partial charge in [-0.05, 0) is 43.4 Å². The van der Waals surface area contributed by atoms with Crippen LogP contribution in [0.1, 0.15) is 18.4 Å². The maximum absolute atomic E-state index is 12.2. The second-order valence-electron chi connectivity index (χ2n) is 6.48. The van der Waals surface area contributed by atoms with Gasteiger partial charge in [0.25, 0.3) is 5.56 Å². The number of hydrogen-bond acceptors (Lipinski definition) is 4. The number of aliphatic hydroxyl groups excluding tert-OH is 1.